The minimum atomic E-state index is 0.538. The van der Waals surface area contributed by atoms with Crippen molar-refractivity contribution in [2.45, 2.75) is 52.5 Å². The topological polar surface area (TPSA) is 12.0 Å². The maximum atomic E-state index is 6.24. The first-order chi connectivity index (χ1) is 8.67. The van der Waals surface area contributed by atoms with Crippen molar-refractivity contribution in [1.29, 1.82) is 0 Å². The molecule has 1 aromatic rings. The third-order valence-electron chi connectivity index (χ3n) is 3.39. The summed E-state index contributed by atoms with van der Waals surface area (Å²) in [6.07, 6.45) is 4.84. The molecule has 2 atom stereocenters. The first-order valence-electron chi connectivity index (χ1n) is 7.14. The van der Waals surface area contributed by atoms with Crippen molar-refractivity contribution in [2.75, 3.05) is 6.54 Å². The highest BCUT2D eigenvalue weighted by molar-refractivity contribution is 6.31. The van der Waals surface area contributed by atoms with Crippen molar-refractivity contribution in [1.82, 2.24) is 5.32 Å². The average molecular weight is 268 g/mol. The van der Waals surface area contributed by atoms with Crippen LogP contribution in [0.15, 0.2) is 24.3 Å². The Kier molecular flexibility index (Phi) is 7.38. The van der Waals surface area contributed by atoms with E-state index in [2.05, 4.69) is 38.2 Å². The lowest BCUT2D eigenvalue weighted by atomic mass is 9.93. The van der Waals surface area contributed by atoms with Gasteiger partial charge in [-0.2, -0.15) is 0 Å². The van der Waals surface area contributed by atoms with Gasteiger partial charge in [0.15, 0.2) is 0 Å². The molecule has 0 fully saturated rings. The second-order valence-corrected chi connectivity index (χ2v) is 5.59. The van der Waals surface area contributed by atoms with E-state index < -0.39 is 0 Å². The average Bonchev–Trinajstić information content (AvgIpc) is 2.32. The van der Waals surface area contributed by atoms with Gasteiger partial charge in [0.05, 0.1) is 0 Å². The van der Waals surface area contributed by atoms with Gasteiger partial charge in [-0.15, -0.1) is 0 Å². The molecule has 0 aliphatic rings. The van der Waals surface area contributed by atoms with Gasteiger partial charge >= 0.3 is 0 Å². The molecule has 2 heteroatoms. The molecule has 0 saturated heterocycles. The fourth-order valence-electron chi connectivity index (χ4n) is 2.55. The summed E-state index contributed by atoms with van der Waals surface area (Å²) >= 11 is 6.24. The van der Waals surface area contributed by atoms with Crippen LogP contribution in [0.25, 0.3) is 0 Å². The lowest BCUT2D eigenvalue weighted by Gasteiger charge is -2.22. The molecule has 0 radical (unpaired) electrons. The number of likely N-dealkylation sites (N-methyl/N-ethyl adjacent to an activating group) is 1. The highest BCUT2D eigenvalue weighted by atomic mass is 35.5. The highest BCUT2D eigenvalue weighted by Gasteiger charge is 2.13. The molecule has 0 saturated carbocycles. The molecule has 1 rings (SSSR count). The molecule has 1 N–H and O–H groups in total. The molecule has 0 bridgehead atoms. The third kappa shape index (κ3) is 5.41. The number of nitrogens with one attached hydrogen (secondary N) is 1. The van der Waals surface area contributed by atoms with Gasteiger partial charge < -0.3 is 5.32 Å². The van der Waals surface area contributed by atoms with E-state index in [1.54, 1.807) is 0 Å². The van der Waals surface area contributed by atoms with Crippen LogP contribution in [0.3, 0.4) is 0 Å². The number of halogens is 1. The van der Waals surface area contributed by atoms with Crippen molar-refractivity contribution < 1.29 is 0 Å². The zero-order valence-corrected chi connectivity index (χ0v) is 12.6. The molecular formula is C16H26ClN. The Balaban J connectivity index is 2.59. The van der Waals surface area contributed by atoms with Gasteiger partial charge in [0.25, 0.3) is 0 Å². The normalized spacial score (nSPS) is 14.4. The van der Waals surface area contributed by atoms with E-state index in [-0.39, 0.29) is 0 Å². The second kappa shape index (κ2) is 8.55. The maximum Gasteiger partial charge on any atom is 0.0438 e. The molecule has 0 heterocycles. The van der Waals surface area contributed by atoms with Crippen LogP contribution in [0.1, 0.15) is 45.6 Å². The number of benzene rings is 1. The van der Waals surface area contributed by atoms with Crippen LogP contribution in [-0.4, -0.2) is 12.6 Å². The van der Waals surface area contributed by atoms with E-state index >= 15 is 0 Å². The van der Waals surface area contributed by atoms with E-state index in [4.69, 9.17) is 11.6 Å². The zero-order valence-electron chi connectivity index (χ0n) is 11.9. The SMILES string of the molecule is CCCC(C)CC(Cc1ccccc1Cl)NCC. The molecule has 0 aliphatic heterocycles. The summed E-state index contributed by atoms with van der Waals surface area (Å²) in [5.41, 5.74) is 1.26. The molecule has 0 amide bonds. The van der Waals surface area contributed by atoms with E-state index in [0.717, 1.165) is 23.9 Å². The first-order valence-corrected chi connectivity index (χ1v) is 7.51. The van der Waals surface area contributed by atoms with Crippen molar-refractivity contribution in [3.05, 3.63) is 34.9 Å². The van der Waals surface area contributed by atoms with E-state index in [0.29, 0.717) is 6.04 Å². The van der Waals surface area contributed by atoms with Gasteiger partial charge in [-0.25, -0.2) is 0 Å². The summed E-state index contributed by atoms with van der Waals surface area (Å²) in [6.45, 7) is 7.80. The maximum absolute atomic E-state index is 6.24. The highest BCUT2D eigenvalue weighted by Crippen LogP contribution is 2.20. The summed E-state index contributed by atoms with van der Waals surface area (Å²) in [4.78, 5) is 0. The minimum absolute atomic E-state index is 0.538. The zero-order chi connectivity index (χ0) is 13.4. The Morgan fingerprint density at radius 3 is 2.56 bits per heavy atom. The first kappa shape index (κ1) is 15.5. The summed E-state index contributed by atoms with van der Waals surface area (Å²) in [5, 5.41) is 4.48. The molecule has 102 valence electrons. The predicted octanol–water partition coefficient (Wildman–Crippen LogP) is 4.69. The van der Waals surface area contributed by atoms with Crippen molar-refractivity contribution in [3.8, 4) is 0 Å². The molecule has 0 aliphatic carbocycles. The molecule has 1 nitrogen and oxygen atoms in total. The minimum Gasteiger partial charge on any atom is -0.314 e. The fraction of sp³-hybridized carbons (Fsp3) is 0.625. The predicted molar refractivity (Wildman–Crippen MR) is 81.3 cm³/mol. The van der Waals surface area contributed by atoms with Gasteiger partial charge in [-0.05, 0) is 36.9 Å². The quantitative estimate of drug-likeness (QED) is 0.721. The molecule has 0 aromatic heterocycles. The van der Waals surface area contributed by atoms with Crippen LogP contribution in [0.2, 0.25) is 5.02 Å². The Hall–Kier alpha value is -0.530. The number of hydrogen-bond acceptors (Lipinski definition) is 1. The van der Waals surface area contributed by atoms with Gasteiger partial charge in [0.1, 0.15) is 0 Å². The lowest BCUT2D eigenvalue weighted by molar-refractivity contribution is 0.385. The van der Waals surface area contributed by atoms with Gasteiger partial charge in [-0.1, -0.05) is 63.4 Å². The third-order valence-corrected chi connectivity index (χ3v) is 3.75. The largest absolute Gasteiger partial charge is 0.314 e. The number of hydrogen-bond donors (Lipinski definition) is 1. The van der Waals surface area contributed by atoms with Crippen LogP contribution in [0, 0.1) is 5.92 Å². The van der Waals surface area contributed by atoms with Crippen LogP contribution in [0.4, 0.5) is 0 Å². The Bertz CT molecular complexity index is 338. The molecule has 18 heavy (non-hydrogen) atoms. The summed E-state index contributed by atoms with van der Waals surface area (Å²) in [5.74, 6) is 0.779. The van der Waals surface area contributed by atoms with Gasteiger partial charge in [0.2, 0.25) is 0 Å². The van der Waals surface area contributed by atoms with Crippen molar-refractivity contribution >= 4 is 11.6 Å². The molecular weight excluding hydrogens is 242 g/mol. The van der Waals surface area contributed by atoms with Crippen molar-refractivity contribution in [3.63, 3.8) is 0 Å². The summed E-state index contributed by atoms with van der Waals surface area (Å²) in [7, 11) is 0. The van der Waals surface area contributed by atoms with Gasteiger partial charge in [0, 0.05) is 11.1 Å². The Morgan fingerprint density at radius 1 is 1.22 bits per heavy atom. The number of rotatable bonds is 8. The van der Waals surface area contributed by atoms with E-state index in [1.807, 2.05) is 12.1 Å². The van der Waals surface area contributed by atoms with Gasteiger partial charge in [-0.3, -0.25) is 0 Å². The van der Waals surface area contributed by atoms with Crippen LogP contribution in [0.5, 0.6) is 0 Å². The second-order valence-electron chi connectivity index (χ2n) is 5.18. The molecule has 0 spiro atoms. The fourth-order valence-corrected chi connectivity index (χ4v) is 2.77. The van der Waals surface area contributed by atoms with Crippen LogP contribution in [-0.2, 0) is 6.42 Å². The van der Waals surface area contributed by atoms with E-state index in [1.165, 1.54) is 24.8 Å². The monoisotopic (exact) mass is 267 g/mol. The summed E-state index contributed by atoms with van der Waals surface area (Å²) in [6, 6.07) is 8.72. The standard InChI is InChI=1S/C16H26ClN/c1-4-8-13(3)11-15(18-5-2)12-14-9-6-7-10-16(14)17/h6-7,9-10,13,15,18H,4-5,8,11-12H2,1-3H3. The summed E-state index contributed by atoms with van der Waals surface area (Å²) < 4.78 is 0. The molecule has 1 aromatic carbocycles. The Morgan fingerprint density at radius 2 is 1.94 bits per heavy atom. The van der Waals surface area contributed by atoms with E-state index in [9.17, 15) is 0 Å². The lowest BCUT2D eigenvalue weighted by Crippen LogP contribution is -2.32. The van der Waals surface area contributed by atoms with Crippen LogP contribution < -0.4 is 5.32 Å². The smallest absolute Gasteiger partial charge is 0.0438 e. The Labute approximate surface area is 117 Å². The van der Waals surface area contributed by atoms with Crippen molar-refractivity contribution in [2.24, 2.45) is 5.92 Å². The molecule has 2 unspecified atom stereocenters. The van der Waals surface area contributed by atoms with Crippen LogP contribution >= 0.6 is 11.6 Å².